The molecule has 0 aromatic heterocycles. The maximum Gasteiger partial charge on any atom is 0.291 e. The van der Waals surface area contributed by atoms with Crippen LogP contribution in [0.4, 0.5) is 0 Å². The number of hydrogen-bond donors (Lipinski definition) is 2. The van der Waals surface area contributed by atoms with Gasteiger partial charge in [-0.05, 0) is 0 Å². The van der Waals surface area contributed by atoms with Gasteiger partial charge in [0, 0.05) is 33.3 Å². The van der Waals surface area contributed by atoms with Crippen molar-refractivity contribution in [3.05, 3.63) is 20.2 Å². The Labute approximate surface area is 74.5 Å². The molecule has 0 aromatic carbocycles. The average Bonchev–Trinajstić information content (AvgIpc) is 1.25. The fraction of sp³-hybridized carbons (Fsp3) is 0. The molecule has 0 aliphatic rings. The Morgan fingerprint density at radius 2 is 1.00 bits per heavy atom. The Morgan fingerprint density at radius 3 is 1.00 bits per heavy atom. The van der Waals surface area contributed by atoms with Crippen LogP contribution in [-0.2, 0) is 33.3 Å². The molecule has 0 aliphatic heterocycles. The van der Waals surface area contributed by atoms with E-state index in [0.717, 1.165) is 0 Å². The zero-order valence-corrected chi connectivity index (χ0v) is 6.10. The van der Waals surface area contributed by atoms with Crippen molar-refractivity contribution in [2.24, 2.45) is 0 Å². The van der Waals surface area contributed by atoms with Gasteiger partial charge < -0.3 is 10.4 Å². The van der Waals surface area contributed by atoms with Crippen LogP contribution in [0.15, 0.2) is 0 Å². The number of hydrogen-bond acceptors (Lipinski definition) is 4. The summed E-state index contributed by atoms with van der Waals surface area (Å²) in [5, 5.41) is 27.3. The third-order valence-electron chi connectivity index (χ3n) is 0. The van der Waals surface area contributed by atoms with Crippen LogP contribution in [0.1, 0.15) is 0 Å². The number of rotatable bonds is 0. The maximum absolute atomic E-state index is 8.36. The van der Waals surface area contributed by atoms with Crippen LogP contribution in [0.25, 0.3) is 0 Å². The summed E-state index contributed by atoms with van der Waals surface area (Å²) in [5.74, 6) is 0. The van der Waals surface area contributed by atoms with Gasteiger partial charge in [-0.25, -0.2) is 0 Å². The fourth-order valence-electron chi connectivity index (χ4n) is 0. The van der Waals surface area contributed by atoms with Gasteiger partial charge in [0.05, 0.1) is 0 Å². The van der Waals surface area contributed by atoms with Crippen LogP contribution in [0.5, 0.6) is 0 Å². The van der Waals surface area contributed by atoms with E-state index >= 15 is 0 Å². The van der Waals surface area contributed by atoms with Crippen molar-refractivity contribution in [1.29, 1.82) is 0 Å². The smallest absolute Gasteiger partial charge is 0.291 e. The van der Waals surface area contributed by atoms with E-state index in [9.17, 15) is 0 Å². The summed E-state index contributed by atoms with van der Waals surface area (Å²) in [5.41, 5.74) is 0. The van der Waals surface area contributed by atoms with E-state index in [4.69, 9.17) is 30.6 Å². The Bertz CT molecular complexity index is 73.7. The molecule has 0 saturated carbocycles. The number of nitrogens with zero attached hydrogens (tertiary/aromatic N) is 2. The molecule has 0 aliphatic carbocycles. The van der Waals surface area contributed by atoms with Crippen molar-refractivity contribution in [3.8, 4) is 0 Å². The summed E-state index contributed by atoms with van der Waals surface area (Å²) in [6.45, 7) is 0. The molecule has 2 N–H and O–H groups in total. The topological polar surface area (TPSA) is 127 Å². The summed E-state index contributed by atoms with van der Waals surface area (Å²) < 4.78 is 0. The molecule has 0 unspecified atom stereocenters. The second-order valence-electron chi connectivity index (χ2n) is 0.476. The third-order valence-corrected chi connectivity index (χ3v) is 0. The van der Waals surface area contributed by atoms with Crippen molar-refractivity contribution in [1.82, 2.24) is 0 Å². The van der Waals surface area contributed by atoms with E-state index in [-0.39, 0.29) is 33.3 Å². The van der Waals surface area contributed by atoms with Crippen LogP contribution in [0.2, 0.25) is 0 Å². The van der Waals surface area contributed by atoms with Crippen LogP contribution < -0.4 is 0 Å². The summed E-state index contributed by atoms with van der Waals surface area (Å²) >= 11 is 0. The Morgan fingerprint density at radius 1 is 1.00 bits per heavy atom. The quantitative estimate of drug-likeness (QED) is 0.329. The van der Waals surface area contributed by atoms with Gasteiger partial charge in [0.1, 0.15) is 0 Å². The van der Waals surface area contributed by atoms with E-state index in [1.54, 1.807) is 0 Å². The zero-order chi connectivity index (χ0) is 7.15. The van der Waals surface area contributed by atoms with E-state index in [1.807, 2.05) is 0 Å². The van der Waals surface area contributed by atoms with Crippen LogP contribution >= 0.6 is 0 Å². The summed E-state index contributed by atoms with van der Waals surface area (Å²) in [6, 6.07) is 0. The maximum atomic E-state index is 8.36. The SMILES string of the molecule is O=[N+]([O-])O.O=[N+]([O-])O.[Co].[Ni]. The molecule has 10 heavy (non-hydrogen) atoms. The van der Waals surface area contributed by atoms with E-state index in [0.29, 0.717) is 0 Å². The molecule has 0 heterocycles. The molecular formula is H2CoN2NiO6. The fourth-order valence-corrected chi connectivity index (χ4v) is 0. The molecule has 0 fully saturated rings. The molecular weight excluding hydrogens is 242 g/mol. The average molecular weight is 244 g/mol. The van der Waals surface area contributed by atoms with Crippen LogP contribution in [0.3, 0.4) is 0 Å². The van der Waals surface area contributed by atoms with Gasteiger partial charge in [0.15, 0.2) is 0 Å². The van der Waals surface area contributed by atoms with Gasteiger partial charge in [-0.1, -0.05) is 0 Å². The summed E-state index contributed by atoms with van der Waals surface area (Å²) in [7, 11) is 0. The monoisotopic (exact) mass is 243 g/mol. The predicted molar refractivity (Wildman–Crippen MR) is 17.6 cm³/mol. The largest absolute Gasteiger partial charge is 0.328 e. The van der Waals surface area contributed by atoms with Crippen molar-refractivity contribution in [2.75, 3.05) is 0 Å². The van der Waals surface area contributed by atoms with Crippen molar-refractivity contribution < 1.29 is 53.9 Å². The molecule has 0 amide bonds. The first-order valence-electron chi connectivity index (χ1n) is 1.13. The summed E-state index contributed by atoms with van der Waals surface area (Å²) in [4.78, 5) is 16.7. The molecule has 0 rings (SSSR count). The minimum absolute atomic E-state index is 0. The minimum atomic E-state index is -1.50. The third kappa shape index (κ3) is 842. The Hall–Kier alpha value is -0.600. The zero-order valence-electron chi connectivity index (χ0n) is 4.07. The van der Waals surface area contributed by atoms with Crippen LogP contribution in [0, 0.1) is 20.2 Å². The Kier molecular flexibility index (Phi) is 35.9. The molecule has 1 radical (unpaired) electrons. The standard InChI is InChI=1S/Co.2HNO3.Ni/c;2*2-1(3)4;/h;2*(H,2,3,4);. The van der Waals surface area contributed by atoms with Gasteiger partial charge in [-0.15, -0.1) is 20.2 Å². The minimum Gasteiger partial charge on any atom is -0.328 e. The van der Waals surface area contributed by atoms with E-state index < -0.39 is 10.2 Å². The van der Waals surface area contributed by atoms with Gasteiger partial charge in [0.25, 0.3) is 10.2 Å². The van der Waals surface area contributed by atoms with Crippen molar-refractivity contribution in [2.45, 2.75) is 0 Å². The van der Waals surface area contributed by atoms with Gasteiger partial charge in [-0.3, -0.25) is 0 Å². The molecule has 10 heteroatoms. The van der Waals surface area contributed by atoms with Crippen molar-refractivity contribution >= 4 is 0 Å². The van der Waals surface area contributed by atoms with Gasteiger partial charge in [0.2, 0.25) is 0 Å². The molecule has 0 saturated heterocycles. The molecule has 0 spiro atoms. The van der Waals surface area contributed by atoms with Gasteiger partial charge in [-0.2, -0.15) is 0 Å². The first-order valence-corrected chi connectivity index (χ1v) is 1.13. The second kappa shape index (κ2) is 15.8. The Balaban J connectivity index is -0.0000000300. The molecule has 0 atom stereocenters. The first kappa shape index (κ1) is 22.7. The molecule has 8 nitrogen and oxygen atoms in total. The summed E-state index contributed by atoms with van der Waals surface area (Å²) in [6.07, 6.45) is 0. The van der Waals surface area contributed by atoms with Gasteiger partial charge >= 0.3 is 0 Å². The second-order valence-corrected chi connectivity index (χ2v) is 0.476. The first-order chi connectivity index (χ1) is 3.46. The van der Waals surface area contributed by atoms with Crippen LogP contribution in [-0.4, -0.2) is 20.6 Å². The molecule has 0 aromatic rings. The predicted octanol–water partition coefficient (Wildman–Crippen LogP) is -0.700. The molecule has 0 bridgehead atoms. The van der Waals surface area contributed by atoms with E-state index in [1.165, 1.54) is 0 Å². The van der Waals surface area contributed by atoms with Crippen molar-refractivity contribution in [3.63, 3.8) is 0 Å². The normalized spacial score (nSPS) is 4.80. The van der Waals surface area contributed by atoms with E-state index in [2.05, 4.69) is 0 Å². The molecule has 67 valence electrons.